The van der Waals surface area contributed by atoms with Crippen LogP contribution in [0.2, 0.25) is 0 Å². The second kappa shape index (κ2) is 9.27. The van der Waals surface area contributed by atoms with Crippen LogP contribution in [-0.2, 0) is 4.74 Å². The Morgan fingerprint density at radius 2 is 1.96 bits per heavy atom. The second-order valence-electron chi connectivity index (χ2n) is 8.35. The number of alkyl carbamates (subject to hydrolysis) is 1. The fraction of sp³-hybridized carbons (Fsp3) is 0.889. The van der Waals surface area contributed by atoms with Gasteiger partial charge in [0.05, 0.1) is 0 Å². The number of carboxylic acid groups (broad SMARTS) is 1. The number of hydrogen-bond acceptors (Lipinski definition) is 4. The maximum atomic E-state index is 11.8. The molecule has 2 atom stereocenters. The number of ether oxygens (including phenoxy) is 1. The number of nitrogens with two attached hydrogens (primary N) is 1. The van der Waals surface area contributed by atoms with Gasteiger partial charge in [0.2, 0.25) is 0 Å². The molecule has 1 saturated carbocycles. The Morgan fingerprint density at radius 1 is 1.32 bits per heavy atom. The van der Waals surface area contributed by atoms with Gasteiger partial charge in [0, 0.05) is 12.6 Å². The molecule has 1 unspecified atom stereocenters. The molecular weight excluding hydrogens is 322 g/mol. The summed E-state index contributed by atoms with van der Waals surface area (Å²) in [6.45, 7) is 8.65. The quantitative estimate of drug-likeness (QED) is 0.506. The summed E-state index contributed by atoms with van der Waals surface area (Å²) in [4.78, 5) is 22.8. The molecule has 0 aromatic carbocycles. The first kappa shape index (κ1) is 21.5. The highest BCUT2D eigenvalue weighted by atomic mass is 16.6. The molecule has 0 spiro atoms. The molecule has 1 aliphatic carbocycles. The number of hydrogen-bond donors (Lipinski definition) is 4. The topological polar surface area (TPSA) is 114 Å². The lowest BCUT2D eigenvalue weighted by atomic mass is 9.61. The minimum Gasteiger partial charge on any atom is -0.465 e. The Balaban J connectivity index is 2.49. The summed E-state index contributed by atoms with van der Waals surface area (Å²) in [5.41, 5.74) is 5.31. The summed E-state index contributed by atoms with van der Waals surface area (Å²) in [6, 6.07) is -0.126. The molecule has 0 aromatic heterocycles. The molecule has 1 aliphatic rings. The summed E-state index contributed by atoms with van der Waals surface area (Å²) < 4.78 is 5.26. The van der Waals surface area contributed by atoms with Crippen LogP contribution in [0.15, 0.2) is 0 Å². The minimum absolute atomic E-state index is 0.126. The van der Waals surface area contributed by atoms with Crippen molar-refractivity contribution in [1.29, 1.82) is 0 Å². The van der Waals surface area contributed by atoms with Crippen LogP contribution in [0.5, 0.6) is 0 Å². The number of rotatable bonds is 9. The van der Waals surface area contributed by atoms with Crippen molar-refractivity contribution in [2.45, 2.75) is 77.9 Å². The smallest absolute Gasteiger partial charge is 0.407 e. The summed E-state index contributed by atoms with van der Waals surface area (Å²) in [6.07, 6.45) is 4.51. The van der Waals surface area contributed by atoms with Crippen molar-refractivity contribution in [3.05, 3.63) is 0 Å². The molecular formula is C18H35N3O4. The van der Waals surface area contributed by atoms with Gasteiger partial charge in [-0.2, -0.15) is 0 Å². The maximum absolute atomic E-state index is 11.8. The molecule has 0 heterocycles. The zero-order chi connectivity index (χ0) is 19.1. The van der Waals surface area contributed by atoms with E-state index in [-0.39, 0.29) is 23.5 Å². The van der Waals surface area contributed by atoms with Gasteiger partial charge in [0.15, 0.2) is 0 Å². The van der Waals surface area contributed by atoms with Gasteiger partial charge in [0.1, 0.15) is 5.60 Å². The van der Waals surface area contributed by atoms with E-state index in [4.69, 9.17) is 15.6 Å². The fourth-order valence-electron chi connectivity index (χ4n) is 3.64. The van der Waals surface area contributed by atoms with E-state index >= 15 is 0 Å². The van der Waals surface area contributed by atoms with E-state index in [1.165, 1.54) is 6.42 Å². The van der Waals surface area contributed by atoms with Gasteiger partial charge in [-0.15, -0.1) is 0 Å². The summed E-state index contributed by atoms with van der Waals surface area (Å²) >= 11 is 0. The Bertz CT molecular complexity index is 444. The van der Waals surface area contributed by atoms with Crippen molar-refractivity contribution in [3.8, 4) is 0 Å². The van der Waals surface area contributed by atoms with Crippen LogP contribution in [0.25, 0.3) is 0 Å². The normalized spacial score (nSPS) is 18.6. The molecule has 5 N–H and O–H groups in total. The predicted octanol–water partition coefficient (Wildman–Crippen LogP) is 3.08. The summed E-state index contributed by atoms with van der Waals surface area (Å²) in [7, 11) is 0. The van der Waals surface area contributed by atoms with Gasteiger partial charge in [-0.05, 0) is 70.8 Å². The van der Waals surface area contributed by atoms with Gasteiger partial charge in [-0.3, -0.25) is 0 Å². The average molecular weight is 357 g/mol. The molecule has 0 bridgehead atoms. The lowest BCUT2D eigenvalue weighted by Crippen LogP contribution is -2.44. The van der Waals surface area contributed by atoms with Crippen LogP contribution >= 0.6 is 0 Å². The third-order valence-electron chi connectivity index (χ3n) is 4.97. The largest absolute Gasteiger partial charge is 0.465 e. The highest BCUT2D eigenvalue weighted by molar-refractivity contribution is 5.67. The van der Waals surface area contributed by atoms with Crippen LogP contribution in [0.1, 0.15) is 66.2 Å². The Kier molecular flexibility index (Phi) is 7.99. The van der Waals surface area contributed by atoms with Gasteiger partial charge < -0.3 is 26.2 Å². The van der Waals surface area contributed by atoms with Crippen LogP contribution in [0, 0.1) is 11.3 Å². The lowest BCUT2D eigenvalue weighted by Gasteiger charge is -2.45. The summed E-state index contributed by atoms with van der Waals surface area (Å²) in [5, 5.41) is 14.4. The highest BCUT2D eigenvalue weighted by Gasteiger charge is 2.39. The van der Waals surface area contributed by atoms with Crippen molar-refractivity contribution in [3.63, 3.8) is 0 Å². The van der Waals surface area contributed by atoms with E-state index in [9.17, 15) is 9.59 Å². The predicted molar refractivity (Wildman–Crippen MR) is 97.5 cm³/mol. The average Bonchev–Trinajstić information content (AvgIpc) is 2.41. The monoisotopic (exact) mass is 357 g/mol. The molecule has 0 aliphatic heterocycles. The molecule has 7 nitrogen and oxygen atoms in total. The highest BCUT2D eigenvalue weighted by Crippen LogP contribution is 2.49. The Labute approximate surface area is 151 Å². The lowest BCUT2D eigenvalue weighted by molar-refractivity contribution is 0.0470. The molecule has 7 heteroatoms. The first-order valence-corrected chi connectivity index (χ1v) is 9.23. The molecule has 1 fully saturated rings. The van der Waals surface area contributed by atoms with Crippen molar-refractivity contribution in [2.75, 3.05) is 13.1 Å². The first-order valence-electron chi connectivity index (χ1n) is 9.23. The number of amides is 2. The third kappa shape index (κ3) is 7.94. The van der Waals surface area contributed by atoms with Crippen LogP contribution in [0.3, 0.4) is 0 Å². The van der Waals surface area contributed by atoms with Crippen LogP contribution in [-0.4, -0.2) is 42.0 Å². The molecule has 0 aromatic rings. The Morgan fingerprint density at radius 3 is 2.40 bits per heavy atom. The maximum Gasteiger partial charge on any atom is 0.407 e. The third-order valence-corrected chi connectivity index (χ3v) is 4.97. The number of carbonyl (C=O) groups is 2. The van der Waals surface area contributed by atoms with E-state index in [1.54, 1.807) is 0 Å². The summed E-state index contributed by atoms with van der Waals surface area (Å²) in [5.74, 6) is 0.210. The van der Waals surface area contributed by atoms with Crippen LogP contribution in [0.4, 0.5) is 9.59 Å². The molecule has 25 heavy (non-hydrogen) atoms. The number of carbonyl (C=O) groups excluding carboxylic acids is 1. The zero-order valence-corrected chi connectivity index (χ0v) is 16.1. The van der Waals surface area contributed by atoms with E-state index in [2.05, 4.69) is 17.6 Å². The fourth-order valence-corrected chi connectivity index (χ4v) is 3.64. The zero-order valence-electron chi connectivity index (χ0n) is 16.1. The van der Waals surface area contributed by atoms with Crippen molar-refractivity contribution < 1.29 is 19.4 Å². The van der Waals surface area contributed by atoms with Gasteiger partial charge in [-0.1, -0.05) is 13.3 Å². The molecule has 2 amide bonds. The van der Waals surface area contributed by atoms with Crippen molar-refractivity contribution in [1.82, 2.24) is 10.6 Å². The molecule has 146 valence electrons. The number of nitrogens with one attached hydrogen (secondary N) is 2. The SMILES string of the molecule is CC(CC1(CCNC(=O)OC(C)(C)C)CCC1)[C@@H](CCN)NC(=O)O. The van der Waals surface area contributed by atoms with Gasteiger partial charge >= 0.3 is 12.2 Å². The first-order chi connectivity index (χ1) is 11.6. The molecule has 1 rings (SSSR count). The minimum atomic E-state index is -1.00. The van der Waals surface area contributed by atoms with Crippen molar-refractivity contribution in [2.24, 2.45) is 17.1 Å². The van der Waals surface area contributed by atoms with Gasteiger partial charge in [0.25, 0.3) is 0 Å². The van der Waals surface area contributed by atoms with Gasteiger partial charge in [-0.25, -0.2) is 9.59 Å². The second-order valence-corrected chi connectivity index (χ2v) is 8.35. The molecule has 0 radical (unpaired) electrons. The van der Waals surface area contributed by atoms with E-state index in [0.29, 0.717) is 19.5 Å². The van der Waals surface area contributed by atoms with E-state index < -0.39 is 11.7 Å². The van der Waals surface area contributed by atoms with Crippen molar-refractivity contribution >= 4 is 12.2 Å². The molecule has 0 saturated heterocycles. The van der Waals surface area contributed by atoms with E-state index in [0.717, 1.165) is 25.7 Å². The standard InChI is InChI=1S/C18H35N3O4/c1-13(14(6-10-19)21-15(22)23)12-18(7-5-8-18)9-11-20-16(24)25-17(2,3)4/h13-14,21H,5-12,19H2,1-4H3,(H,20,24)(H,22,23)/t13?,14-/m1/s1. The Hall–Kier alpha value is -1.50. The van der Waals surface area contributed by atoms with E-state index in [1.807, 2.05) is 20.8 Å². The van der Waals surface area contributed by atoms with Crippen LogP contribution < -0.4 is 16.4 Å².